The van der Waals surface area contributed by atoms with E-state index in [0.717, 1.165) is 11.1 Å². The molecule has 0 saturated heterocycles. The number of carbonyl (C=O) groups excluding carboxylic acids is 1. The monoisotopic (exact) mass is 350 g/mol. The number of aromatic nitrogens is 2. The highest BCUT2D eigenvalue weighted by molar-refractivity contribution is 5.93. The van der Waals surface area contributed by atoms with E-state index in [0.29, 0.717) is 23.6 Å². The SMILES string of the molecule is CC(CNc1ccc(-c2ccc(C(N)=O)cc2)nn1)c1ccc(F)cc1. The molecule has 3 N–H and O–H groups in total. The molecule has 1 heterocycles. The number of carbonyl (C=O) groups is 1. The van der Waals surface area contributed by atoms with E-state index in [2.05, 4.69) is 22.4 Å². The minimum absolute atomic E-state index is 0.207. The molecular weight excluding hydrogens is 331 g/mol. The van der Waals surface area contributed by atoms with E-state index in [1.807, 2.05) is 12.1 Å². The predicted molar refractivity (Wildman–Crippen MR) is 99.3 cm³/mol. The van der Waals surface area contributed by atoms with E-state index in [-0.39, 0.29) is 11.7 Å². The van der Waals surface area contributed by atoms with Crippen LogP contribution in [0.5, 0.6) is 0 Å². The molecule has 0 aliphatic rings. The van der Waals surface area contributed by atoms with E-state index >= 15 is 0 Å². The van der Waals surface area contributed by atoms with Crippen LogP contribution in [0.3, 0.4) is 0 Å². The molecular formula is C20H19FN4O. The zero-order chi connectivity index (χ0) is 18.5. The average Bonchev–Trinajstić information content (AvgIpc) is 2.67. The molecule has 0 aliphatic heterocycles. The number of rotatable bonds is 6. The zero-order valence-electron chi connectivity index (χ0n) is 14.3. The number of amides is 1. The Hall–Kier alpha value is -3.28. The molecule has 0 radical (unpaired) electrons. The lowest BCUT2D eigenvalue weighted by Gasteiger charge is -2.13. The second kappa shape index (κ2) is 7.74. The van der Waals surface area contributed by atoms with Gasteiger partial charge in [0.25, 0.3) is 0 Å². The van der Waals surface area contributed by atoms with Gasteiger partial charge in [-0.15, -0.1) is 10.2 Å². The van der Waals surface area contributed by atoms with Gasteiger partial charge in [-0.1, -0.05) is 31.2 Å². The van der Waals surface area contributed by atoms with Crippen molar-refractivity contribution in [2.75, 3.05) is 11.9 Å². The molecule has 1 atom stereocenters. The Morgan fingerprint density at radius 3 is 2.31 bits per heavy atom. The summed E-state index contributed by atoms with van der Waals surface area (Å²) in [6, 6.07) is 17.1. The van der Waals surface area contributed by atoms with Crippen LogP contribution in [0.15, 0.2) is 60.7 Å². The van der Waals surface area contributed by atoms with E-state index in [9.17, 15) is 9.18 Å². The third kappa shape index (κ3) is 4.22. The molecule has 0 saturated carbocycles. The number of primary amides is 1. The van der Waals surface area contributed by atoms with Crippen LogP contribution in [0.4, 0.5) is 10.2 Å². The zero-order valence-corrected chi connectivity index (χ0v) is 14.3. The van der Waals surface area contributed by atoms with Gasteiger partial charge >= 0.3 is 0 Å². The van der Waals surface area contributed by atoms with Gasteiger partial charge < -0.3 is 11.1 Å². The fourth-order valence-electron chi connectivity index (χ4n) is 2.55. The molecule has 3 aromatic rings. The van der Waals surface area contributed by atoms with Crippen LogP contribution >= 0.6 is 0 Å². The number of halogens is 1. The lowest BCUT2D eigenvalue weighted by Crippen LogP contribution is -2.11. The number of hydrogen-bond donors (Lipinski definition) is 2. The molecule has 1 amide bonds. The quantitative estimate of drug-likeness (QED) is 0.712. The molecule has 26 heavy (non-hydrogen) atoms. The second-order valence-corrected chi connectivity index (χ2v) is 6.08. The second-order valence-electron chi connectivity index (χ2n) is 6.08. The normalized spacial score (nSPS) is 11.8. The summed E-state index contributed by atoms with van der Waals surface area (Å²) in [7, 11) is 0. The first-order valence-corrected chi connectivity index (χ1v) is 8.26. The molecule has 0 aliphatic carbocycles. The van der Waals surface area contributed by atoms with Gasteiger partial charge in [0.2, 0.25) is 5.91 Å². The number of nitrogens with one attached hydrogen (secondary N) is 1. The van der Waals surface area contributed by atoms with Crippen LogP contribution in [0.1, 0.15) is 28.8 Å². The third-order valence-electron chi connectivity index (χ3n) is 4.16. The summed E-state index contributed by atoms with van der Waals surface area (Å²) >= 11 is 0. The Labute approximate surface area is 151 Å². The van der Waals surface area contributed by atoms with Gasteiger partial charge in [-0.3, -0.25) is 4.79 Å². The van der Waals surface area contributed by atoms with Crippen molar-refractivity contribution in [2.24, 2.45) is 5.73 Å². The van der Waals surface area contributed by atoms with Crippen molar-refractivity contribution in [1.29, 1.82) is 0 Å². The summed E-state index contributed by atoms with van der Waals surface area (Å²) in [5.41, 5.74) is 8.30. The first-order chi connectivity index (χ1) is 12.5. The molecule has 5 nitrogen and oxygen atoms in total. The van der Waals surface area contributed by atoms with Gasteiger partial charge in [0.05, 0.1) is 5.69 Å². The van der Waals surface area contributed by atoms with Crippen LogP contribution in [-0.4, -0.2) is 22.6 Å². The highest BCUT2D eigenvalue weighted by atomic mass is 19.1. The molecule has 0 spiro atoms. The van der Waals surface area contributed by atoms with Gasteiger partial charge in [-0.25, -0.2) is 4.39 Å². The van der Waals surface area contributed by atoms with Crippen molar-refractivity contribution in [3.8, 4) is 11.3 Å². The topological polar surface area (TPSA) is 80.9 Å². The number of nitrogens with zero attached hydrogens (tertiary/aromatic N) is 2. The van der Waals surface area contributed by atoms with Crippen LogP contribution in [-0.2, 0) is 0 Å². The number of hydrogen-bond acceptors (Lipinski definition) is 4. The van der Waals surface area contributed by atoms with Crippen molar-refractivity contribution in [3.63, 3.8) is 0 Å². The maximum absolute atomic E-state index is 13.0. The summed E-state index contributed by atoms with van der Waals surface area (Å²) in [5.74, 6) is 0.173. The Balaban J connectivity index is 1.62. The van der Waals surface area contributed by atoms with E-state index in [1.54, 1.807) is 36.4 Å². The minimum atomic E-state index is -0.461. The van der Waals surface area contributed by atoms with Gasteiger partial charge in [-0.2, -0.15) is 0 Å². The summed E-state index contributed by atoms with van der Waals surface area (Å²) in [6.45, 7) is 2.72. The highest BCUT2D eigenvalue weighted by Gasteiger charge is 2.07. The van der Waals surface area contributed by atoms with Crippen molar-refractivity contribution < 1.29 is 9.18 Å². The average molecular weight is 350 g/mol. The van der Waals surface area contributed by atoms with Crippen LogP contribution < -0.4 is 11.1 Å². The number of nitrogens with two attached hydrogens (primary N) is 1. The molecule has 1 unspecified atom stereocenters. The largest absolute Gasteiger partial charge is 0.368 e. The summed E-state index contributed by atoms with van der Waals surface area (Å²) in [5, 5.41) is 11.6. The fourth-order valence-corrected chi connectivity index (χ4v) is 2.55. The third-order valence-corrected chi connectivity index (χ3v) is 4.16. The van der Waals surface area contributed by atoms with Crippen molar-refractivity contribution in [2.45, 2.75) is 12.8 Å². The smallest absolute Gasteiger partial charge is 0.248 e. The van der Waals surface area contributed by atoms with Gasteiger partial charge in [0.15, 0.2) is 0 Å². The van der Waals surface area contributed by atoms with Gasteiger partial charge in [-0.05, 0) is 47.9 Å². The lowest BCUT2D eigenvalue weighted by atomic mass is 10.0. The summed E-state index contributed by atoms with van der Waals surface area (Å²) < 4.78 is 13.0. The Bertz CT molecular complexity index is 877. The molecule has 0 bridgehead atoms. The van der Waals surface area contributed by atoms with E-state index in [1.165, 1.54) is 12.1 Å². The minimum Gasteiger partial charge on any atom is -0.368 e. The van der Waals surface area contributed by atoms with Gasteiger partial charge in [0, 0.05) is 17.7 Å². The number of benzene rings is 2. The number of anilines is 1. The van der Waals surface area contributed by atoms with Crippen molar-refractivity contribution in [1.82, 2.24) is 10.2 Å². The Kier molecular flexibility index (Phi) is 5.22. The Morgan fingerprint density at radius 2 is 1.73 bits per heavy atom. The molecule has 3 rings (SSSR count). The fraction of sp³-hybridized carbons (Fsp3) is 0.150. The molecule has 6 heteroatoms. The van der Waals surface area contributed by atoms with Crippen LogP contribution in [0.25, 0.3) is 11.3 Å². The molecule has 1 aromatic heterocycles. The lowest BCUT2D eigenvalue weighted by molar-refractivity contribution is 0.100. The first-order valence-electron chi connectivity index (χ1n) is 8.26. The first kappa shape index (κ1) is 17.5. The van der Waals surface area contributed by atoms with E-state index in [4.69, 9.17) is 5.73 Å². The van der Waals surface area contributed by atoms with Crippen LogP contribution in [0.2, 0.25) is 0 Å². The maximum atomic E-state index is 13.0. The van der Waals surface area contributed by atoms with E-state index < -0.39 is 5.91 Å². The molecule has 2 aromatic carbocycles. The molecule has 0 fully saturated rings. The van der Waals surface area contributed by atoms with Gasteiger partial charge in [0.1, 0.15) is 11.6 Å². The van der Waals surface area contributed by atoms with Crippen molar-refractivity contribution >= 4 is 11.7 Å². The standard InChI is InChI=1S/C20H19FN4O/c1-13(14-6-8-17(21)9-7-14)12-23-19-11-10-18(24-25-19)15-2-4-16(5-3-15)20(22)26/h2-11,13H,12H2,1H3,(H2,22,26)(H,23,25). The van der Waals surface area contributed by atoms with Crippen molar-refractivity contribution in [3.05, 3.63) is 77.6 Å². The molecule has 132 valence electrons. The van der Waals surface area contributed by atoms with Crippen LogP contribution in [0, 0.1) is 5.82 Å². The summed E-state index contributed by atoms with van der Waals surface area (Å²) in [4.78, 5) is 11.1. The summed E-state index contributed by atoms with van der Waals surface area (Å²) in [6.07, 6.45) is 0. The Morgan fingerprint density at radius 1 is 1.04 bits per heavy atom. The maximum Gasteiger partial charge on any atom is 0.248 e. The highest BCUT2D eigenvalue weighted by Crippen LogP contribution is 2.19. The predicted octanol–water partition coefficient (Wildman–Crippen LogP) is 3.60.